The van der Waals surface area contributed by atoms with E-state index in [0.717, 1.165) is 19.3 Å². The summed E-state index contributed by atoms with van der Waals surface area (Å²) in [5.74, 6) is 1.17. The number of carbonyl (C=O) groups excluding carboxylic acids is 1. The maximum Gasteiger partial charge on any atom is 0.140 e. The van der Waals surface area contributed by atoms with Crippen molar-refractivity contribution in [2.75, 3.05) is 6.54 Å². The fraction of sp³-hybridized carbons (Fsp3) is 0.667. The second-order valence-corrected chi connectivity index (χ2v) is 3.69. The number of azide groups is 1. The van der Waals surface area contributed by atoms with E-state index in [0.29, 0.717) is 18.2 Å². The summed E-state index contributed by atoms with van der Waals surface area (Å²) < 4.78 is 0. The van der Waals surface area contributed by atoms with Crippen molar-refractivity contribution in [1.82, 2.24) is 0 Å². The van der Waals surface area contributed by atoms with Crippen LogP contribution in [-0.2, 0) is 4.79 Å². The summed E-state index contributed by atoms with van der Waals surface area (Å²) in [6, 6.07) is 0. The van der Waals surface area contributed by atoms with Crippen LogP contribution >= 0.6 is 0 Å². The fourth-order valence-electron chi connectivity index (χ4n) is 2.13. The third kappa shape index (κ3) is 1.45. The number of ketones is 1. The number of hydrogen-bond acceptors (Lipinski definition) is 2. The molecule has 0 saturated heterocycles. The van der Waals surface area contributed by atoms with Gasteiger partial charge in [-0.15, -0.1) is 0 Å². The zero-order valence-corrected chi connectivity index (χ0v) is 7.31. The summed E-state index contributed by atoms with van der Waals surface area (Å²) >= 11 is 0. The van der Waals surface area contributed by atoms with Crippen molar-refractivity contribution >= 4 is 5.78 Å². The molecule has 1 saturated carbocycles. The van der Waals surface area contributed by atoms with E-state index >= 15 is 0 Å². The predicted octanol–water partition coefficient (Wildman–Crippen LogP) is 2.22. The number of allylic oxidation sites excluding steroid dienone is 1. The number of fused-ring (bicyclic) bond motifs is 1. The van der Waals surface area contributed by atoms with E-state index in [1.54, 1.807) is 0 Å². The van der Waals surface area contributed by atoms with Crippen LogP contribution in [0.4, 0.5) is 0 Å². The largest absolute Gasteiger partial charge is 0.299 e. The zero-order chi connectivity index (χ0) is 9.26. The van der Waals surface area contributed by atoms with Gasteiger partial charge in [0, 0.05) is 23.8 Å². The molecule has 2 unspecified atom stereocenters. The van der Waals surface area contributed by atoms with Crippen LogP contribution in [0.3, 0.4) is 0 Å². The SMILES string of the molecule is [N-]=[N+]=NCCC1=CC2C(=O)CC2C1. The second kappa shape index (κ2) is 3.23. The van der Waals surface area contributed by atoms with Gasteiger partial charge in [0.15, 0.2) is 0 Å². The van der Waals surface area contributed by atoms with Crippen LogP contribution in [0.25, 0.3) is 10.4 Å². The molecule has 4 heteroatoms. The lowest BCUT2D eigenvalue weighted by Gasteiger charge is -2.27. The molecule has 0 aliphatic heterocycles. The first kappa shape index (κ1) is 8.32. The van der Waals surface area contributed by atoms with Crippen molar-refractivity contribution in [2.45, 2.75) is 19.3 Å². The molecule has 2 rings (SSSR count). The van der Waals surface area contributed by atoms with E-state index in [4.69, 9.17) is 5.53 Å². The van der Waals surface area contributed by atoms with Gasteiger partial charge in [-0.2, -0.15) is 0 Å². The predicted molar refractivity (Wildman–Crippen MR) is 47.9 cm³/mol. The molecule has 2 aliphatic rings. The van der Waals surface area contributed by atoms with Crippen molar-refractivity contribution in [3.8, 4) is 0 Å². The highest BCUT2D eigenvalue weighted by Crippen LogP contribution is 2.43. The zero-order valence-electron chi connectivity index (χ0n) is 7.31. The third-order valence-electron chi connectivity index (χ3n) is 2.88. The Morgan fingerprint density at radius 1 is 1.62 bits per heavy atom. The minimum Gasteiger partial charge on any atom is -0.299 e. The molecule has 0 radical (unpaired) electrons. The molecule has 0 N–H and O–H groups in total. The van der Waals surface area contributed by atoms with Crippen LogP contribution in [-0.4, -0.2) is 12.3 Å². The minimum atomic E-state index is 0.209. The Kier molecular flexibility index (Phi) is 2.07. The fourth-order valence-corrected chi connectivity index (χ4v) is 2.13. The average molecular weight is 177 g/mol. The molecule has 68 valence electrons. The Labute approximate surface area is 76.3 Å². The lowest BCUT2D eigenvalue weighted by atomic mass is 9.75. The number of hydrogen-bond donors (Lipinski definition) is 0. The van der Waals surface area contributed by atoms with Gasteiger partial charge in [-0.3, -0.25) is 4.79 Å². The lowest BCUT2D eigenvalue weighted by molar-refractivity contribution is -0.130. The van der Waals surface area contributed by atoms with Gasteiger partial charge in [0.25, 0.3) is 0 Å². The quantitative estimate of drug-likeness (QED) is 0.282. The van der Waals surface area contributed by atoms with Gasteiger partial charge in [-0.05, 0) is 24.3 Å². The van der Waals surface area contributed by atoms with Crippen molar-refractivity contribution < 1.29 is 4.79 Å². The molecule has 13 heavy (non-hydrogen) atoms. The smallest absolute Gasteiger partial charge is 0.140 e. The van der Waals surface area contributed by atoms with E-state index in [-0.39, 0.29) is 5.92 Å². The van der Waals surface area contributed by atoms with Gasteiger partial charge in [-0.1, -0.05) is 16.8 Å². The summed E-state index contributed by atoms with van der Waals surface area (Å²) in [5.41, 5.74) is 9.38. The minimum absolute atomic E-state index is 0.209. The van der Waals surface area contributed by atoms with Crippen LogP contribution in [0.15, 0.2) is 16.8 Å². The molecule has 0 bridgehead atoms. The first-order valence-corrected chi connectivity index (χ1v) is 4.54. The molecule has 0 amide bonds. The molecule has 4 nitrogen and oxygen atoms in total. The normalized spacial score (nSPS) is 30.2. The highest BCUT2D eigenvalue weighted by Gasteiger charge is 2.41. The van der Waals surface area contributed by atoms with E-state index in [2.05, 4.69) is 16.1 Å². The number of carbonyl (C=O) groups is 1. The summed E-state index contributed by atoms with van der Waals surface area (Å²) in [4.78, 5) is 13.8. The summed E-state index contributed by atoms with van der Waals surface area (Å²) in [6.07, 6.45) is 4.69. The van der Waals surface area contributed by atoms with Gasteiger partial charge < -0.3 is 0 Å². The average Bonchev–Trinajstić information content (AvgIpc) is 2.43. The van der Waals surface area contributed by atoms with E-state index in [9.17, 15) is 4.79 Å². The number of nitrogens with zero attached hydrogens (tertiary/aromatic N) is 3. The Bertz CT molecular complexity index is 315. The second-order valence-electron chi connectivity index (χ2n) is 3.69. The first-order chi connectivity index (χ1) is 6.31. The summed E-state index contributed by atoms with van der Waals surface area (Å²) in [6.45, 7) is 0.524. The van der Waals surface area contributed by atoms with E-state index in [1.807, 2.05) is 0 Å². The molecule has 0 spiro atoms. The van der Waals surface area contributed by atoms with E-state index in [1.165, 1.54) is 5.57 Å². The molecular weight excluding hydrogens is 166 g/mol. The van der Waals surface area contributed by atoms with Gasteiger partial charge in [0.05, 0.1) is 0 Å². The molecule has 1 fully saturated rings. The molecule has 0 aromatic rings. The van der Waals surface area contributed by atoms with Crippen LogP contribution in [0.2, 0.25) is 0 Å². The van der Waals surface area contributed by atoms with Gasteiger partial charge in [-0.25, -0.2) is 0 Å². The topological polar surface area (TPSA) is 65.8 Å². The molecule has 2 aliphatic carbocycles. The monoisotopic (exact) mass is 177 g/mol. The van der Waals surface area contributed by atoms with Crippen molar-refractivity contribution in [2.24, 2.45) is 17.0 Å². The standard InChI is InChI=1S/C9H11N3O/c10-12-11-2-1-6-3-7-5-9(13)8(7)4-6/h4,7-8H,1-3,5H2. The highest BCUT2D eigenvalue weighted by molar-refractivity contribution is 5.90. The number of rotatable bonds is 3. The van der Waals surface area contributed by atoms with E-state index < -0.39 is 0 Å². The maximum atomic E-state index is 11.1. The molecule has 0 heterocycles. The third-order valence-corrected chi connectivity index (χ3v) is 2.88. The van der Waals surface area contributed by atoms with Crippen molar-refractivity contribution in [3.05, 3.63) is 22.1 Å². The van der Waals surface area contributed by atoms with Crippen molar-refractivity contribution in [1.29, 1.82) is 0 Å². The summed E-state index contributed by atoms with van der Waals surface area (Å²) in [7, 11) is 0. The Balaban J connectivity index is 1.88. The van der Waals surface area contributed by atoms with Crippen LogP contribution < -0.4 is 0 Å². The molecular formula is C9H11N3O. The lowest BCUT2D eigenvalue weighted by Crippen LogP contribution is -2.32. The maximum absolute atomic E-state index is 11.1. The summed E-state index contributed by atoms with van der Waals surface area (Å²) in [5, 5.41) is 3.48. The van der Waals surface area contributed by atoms with Gasteiger partial charge in [0.2, 0.25) is 0 Å². The van der Waals surface area contributed by atoms with Crippen LogP contribution in [0.5, 0.6) is 0 Å². The highest BCUT2D eigenvalue weighted by atomic mass is 16.1. The van der Waals surface area contributed by atoms with Gasteiger partial charge in [0.1, 0.15) is 5.78 Å². The Morgan fingerprint density at radius 3 is 3.08 bits per heavy atom. The first-order valence-electron chi connectivity index (χ1n) is 4.54. The van der Waals surface area contributed by atoms with Crippen LogP contribution in [0, 0.1) is 11.8 Å². The van der Waals surface area contributed by atoms with Crippen LogP contribution in [0.1, 0.15) is 19.3 Å². The number of Topliss-reactive ketones (excluding diaryl/α,β-unsaturated/α-hetero) is 1. The molecule has 0 aromatic heterocycles. The molecule has 0 aromatic carbocycles. The van der Waals surface area contributed by atoms with Crippen molar-refractivity contribution in [3.63, 3.8) is 0 Å². The Morgan fingerprint density at radius 2 is 2.46 bits per heavy atom. The molecule has 2 atom stereocenters. The van der Waals surface area contributed by atoms with Gasteiger partial charge >= 0.3 is 0 Å². The Hall–Kier alpha value is -1.28.